The number of nitrogens with one attached hydrogen (secondary N) is 1. The second-order valence-electron chi connectivity index (χ2n) is 4.71. The first kappa shape index (κ1) is 14.3. The van der Waals surface area contributed by atoms with Gasteiger partial charge in [-0.3, -0.25) is 4.79 Å². The minimum atomic E-state index is -3.05. The molecule has 100 valence electrons. The zero-order valence-corrected chi connectivity index (χ0v) is 10.4. The highest BCUT2D eigenvalue weighted by Gasteiger charge is 2.42. The molecule has 4 nitrogen and oxygen atoms in total. The summed E-state index contributed by atoms with van der Waals surface area (Å²) in [6.45, 7) is 4.07. The van der Waals surface area contributed by atoms with Gasteiger partial charge in [0, 0.05) is 0 Å². The van der Waals surface area contributed by atoms with Crippen LogP contribution in [0.1, 0.15) is 20.8 Å². The molecule has 1 saturated heterocycles. The minimum Gasteiger partial charge on any atom is -0.374 e. The Morgan fingerprint density at radius 3 is 2.35 bits per heavy atom. The topological polar surface area (TPSA) is 64.3 Å². The van der Waals surface area contributed by atoms with Crippen molar-refractivity contribution in [1.82, 2.24) is 5.32 Å². The van der Waals surface area contributed by atoms with Crippen molar-refractivity contribution in [3.63, 3.8) is 0 Å². The van der Waals surface area contributed by atoms with E-state index >= 15 is 0 Å². The number of nitrogens with two attached hydrogens (primary N) is 1. The summed E-state index contributed by atoms with van der Waals surface area (Å²) in [5.41, 5.74) is 4.90. The van der Waals surface area contributed by atoms with E-state index in [1.807, 2.05) is 13.8 Å². The summed E-state index contributed by atoms with van der Waals surface area (Å²) in [6.07, 6.45) is -0.276. The summed E-state index contributed by atoms with van der Waals surface area (Å²) in [4.78, 5) is 11.8. The van der Waals surface area contributed by atoms with E-state index in [0.717, 1.165) is 0 Å². The van der Waals surface area contributed by atoms with Gasteiger partial charge in [0.1, 0.15) is 0 Å². The Bertz CT molecular complexity index is 287. The smallest absolute Gasteiger partial charge is 0.277 e. The Kier molecular flexibility index (Phi) is 4.43. The van der Waals surface area contributed by atoms with Crippen LogP contribution in [0.2, 0.25) is 0 Å². The van der Waals surface area contributed by atoms with Gasteiger partial charge in [-0.2, -0.15) is 0 Å². The number of carbonyl (C=O) groups is 1. The maximum atomic E-state index is 12.9. The number of amides is 1. The summed E-state index contributed by atoms with van der Waals surface area (Å²) >= 11 is 0. The first-order valence-corrected chi connectivity index (χ1v) is 5.79. The molecule has 1 fully saturated rings. The fourth-order valence-electron chi connectivity index (χ4n) is 2.13. The van der Waals surface area contributed by atoms with Crippen LogP contribution in [0.5, 0.6) is 0 Å². The predicted molar refractivity (Wildman–Crippen MR) is 59.7 cm³/mol. The molecular formula is C11H20F2N2O2. The molecule has 3 N–H and O–H groups in total. The van der Waals surface area contributed by atoms with Gasteiger partial charge in [0.05, 0.1) is 31.2 Å². The lowest BCUT2D eigenvalue weighted by atomic mass is 9.89. The monoisotopic (exact) mass is 250 g/mol. The van der Waals surface area contributed by atoms with Crippen LogP contribution in [-0.2, 0) is 9.53 Å². The molecule has 0 aliphatic carbocycles. The molecule has 0 saturated carbocycles. The third-order valence-electron chi connectivity index (χ3n) is 3.36. The molecule has 0 aromatic rings. The van der Waals surface area contributed by atoms with Crippen molar-refractivity contribution >= 4 is 5.91 Å². The quantitative estimate of drug-likeness (QED) is 0.774. The van der Waals surface area contributed by atoms with Gasteiger partial charge in [0.15, 0.2) is 0 Å². The highest BCUT2D eigenvalue weighted by Crippen LogP contribution is 2.32. The van der Waals surface area contributed by atoms with E-state index in [1.54, 1.807) is 6.92 Å². The van der Waals surface area contributed by atoms with Crippen LogP contribution in [0.3, 0.4) is 0 Å². The molecule has 6 heteroatoms. The van der Waals surface area contributed by atoms with Crippen molar-refractivity contribution in [2.24, 2.45) is 17.6 Å². The number of carbonyl (C=O) groups excluding carboxylic acids is 1. The maximum absolute atomic E-state index is 12.9. The fraction of sp³-hybridized carbons (Fsp3) is 0.909. The summed E-state index contributed by atoms with van der Waals surface area (Å²) in [7, 11) is 0. The van der Waals surface area contributed by atoms with Gasteiger partial charge in [-0.15, -0.1) is 0 Å². The zero-order chi connectivity index (χ0) is 13.2. The van der Waals surface area contributed by atoms with Crippen molar-refractivity contribution in [3.05, 3.63) is 0 Å². The molecular weight excluding hydrogens is 230 g/mol. The predicted octanol–water partition coefficient (Wildman–Crippen LogP) is 0.756. The maximum Gasteiger partial charge on any atom is 0.277 e. The van der Waals surface area contributed by atoms with Gasteiger partial charge >= 0.3 is 0 Å². The standard InChI is InChI=1S/C11H20F2N2O2/c1-6-7(2)17-8(3)9(6)10(16)15-5-11(12,13)4-14/h6-9H,4-5,14H2,1-3H3,(H,15,16). The molecule has 1 aliphatic rings. The van der Waals surface area contributed by atoms with Gasteiger partial charge < -0.3 is 15.8 Å². The molecule has 0 bridgehead atoms. The second-order valence-corrected chi connectivity index (χ2v) is 4.71. The molecule has 4 unspecified atom stereocenters. The molecule has 4 atom stereocenters. The van der Waals surface area contributed by atoms with Crippen molar-refractivity contribution in [2.45, 2.75) is 38.9 Å². The van der Waals surface area contributed by atoms with Gasteiger partial charge in [0.25, 0.3) is 5.92 Å². The molecule has 0 radical (unpaired) electrons. The first-order chi connectivity index (χ1) is 7.78. The molecule has 0 spiro atoms. The summed E-state index contributed by atoms with van der Waals surface area (Å²) in [5.74, 6) is -3.79. The third kappa shape index (κ3) is 3.35. The van der Waals surface area contributed by atoms with Gasteiger partial charge in [-0.1, -0.05) is 6.92 Å². The Balaban J connectivity index is 2.53. The van der Waals surface area contributed by atoms with Crippen LogP contribution in [0.25, 0.3) is 0 Å². The van der Waals surface area contributed by atoms with Gasteiger partial charge in [-0.25, -0.2) is 8.78 Å². The lowest BCUT2D eigenvalue weighted by Gasteiger charge is -2.20. The minimum absolute atomic E-state index is 0.0245. The number of ether oxygens (including phenoxy) is 1. The van der Waals surface area contributed by atoms with E-state index in [9.17, 15) is 13.6 Å². The molecule has 0 aromatic carbocycles. The van der Waals surface area contributed by atoms with Crippen LogP contribution >= 0.6 is 0 Å². The summed E-state index contributed by atoms with van der Waals surface area (Å²) in [5, 5.41) is 2.25. The molecule has 0 aromatic heterocycles. The van der Waals surface area contributed by atoms with Crippen LogP contribution in [0.15, 0.2) is 0 Å². The first-order valence-electron chi connectivity index (χ1n) is 5.79. The van der Waals surface area contributed by atoms with E-state index in [-0.39, 0.29) is 30.0 Å². The number of halogens is 2. The average molecular weight is 250 g/mol. The SMILES string of the molecule is CC1OC(C)C(C(=O)NCC(F)(F)CN)C1C. The van der Waals surface area contributed by atoms with E-state index in [0.29, 0.717) is 0 Å². The normalized spacial score (nSPS) is 33.8. The largest absolute Gasteiger partial charge is 0.374 e. The number of rotatable bonds is 4. The van der Waals surface area contributed by atoms with E-state index in [1.165, 1.54) is 0 Å². The van der Waals surface area contributed by atoms with Gasteiger partial charge in [0.2, 0.25) is 5.91 Å². The number of alkyl halides is 2. The molecule has 1 heterocycles. The Hall–Kier alpha value is -0.750. The lowest BCUT2D eigenvalue weighted by Crippen LogP contribution is -2.45. The zero-order valence-electron chi connectivity index (χ0n) is 10.4. The Morgan fingerprint density at radius 2 is 1.94 bits per heavy atom. The number of hydrogen-bond acceptors (Lipinski definition) is 3. The molecule has 1 aliphatic heterocycles. The van der Waals surface area contributed by atoms with Crippen molar-refractivity contribution in [2.75, 3.05) is 13.1 Å². The molecule has 17 heavy (non-hydrogen) atoms. The van der Waals surface area contributed by atoms with Crippen LogP contribution < -0.4 is 11.1 Å². The Labute approximate surface area is 99.9 Å². The van der Waals surface area contributed by atoms with Crippen LogP contribution in [0.4, 0.5) is 8.78 Å². The van der Waals surface area contributed by atoms with Crippen molar-refractivity contribution in [3.8, 4) is 0 Å². The summed E-state index contributed by atoms with van der Waals surface area (Å²) < 4.78 is 31.3. The highest BCUT2D eigenvalue weighted by atomic mass is 19.3. The molecule has 1 amide bonds. The highest BCUT2D eigenvalue weighted by molar-refractivity contribution is 5.80. The second kappa shape index (κ2) is 5.27. The van der Waals surface area contributed by atoms with Gasteiger partial charge in [-0.05, 0) is 19.8 Å². The van der Waals surface area contributed by atoms with Crippen LogP contribution in [-0.4, -0.2) is 37.1 Å². The Morgan fingerprint density at radius 1 is 1.35 bits per heavy atom. The average Bonchev–Trinajstić information content (AvgIpc) is 2.50. The molecule has 1 rings (SSSR count). The van der Waals surface area contributed by atoms with E-state index in [4.69, 9.17) is 10.5 Å². The third-order valence-corrected chi connectivity index (χ3v) is 3.36. The fourth-order valence-corrected chi connectivity index (χ4v) is 2.13. The summed E-state index contributed by atoms with van der Waals surface area (Å²) in [6, 6.07) is 0. The van der Waals surface area contributed by atoms with Crippen molar-refractivity contribution in [1.29, 1.82) is 0 Å². The van der Waals surface area contributed by atoms with Crippen LogP contribution in [0, 0.1) is 11.8 Å². The lowest BCUT2D eigenvalue weighted by molar-refractivity contribution is -0.129. The number of hydrogen-bond donors (Lipinski definition) is 2. The van der Waals surface area contributed by atoms with Crippen molar-refractivity contribution < 1.29 is 18.3 Å². The van der Waals surface area contributed by atoms with E-state index < -0.39 is 19.0 Å². The van der Waals surface area contributed by atoms with E-state index in [2.05, 4.69) is 5.32 Å².